The minimum atomic E-state index is -5.14. The first-order valence-corrected chi connectivity index (χ1v) is 4.66. The zero-order chi connectivity index (χ0) is 9.23. The third kappa shape index (κ3) is 7.42. The van der Waals surface area contributed by atoms with Crippen molar-refractivity contribution in [2.75, 3.05) is 0 Å². The Morgan fingerprint density at radius 1 is 1.38 bits per heavy atom. The Balaban J connectivity index is -0.000000500. The van der Waals surface area contributed by atoms with E-state index in [-0.39, 0.29) is 59.1 Å². The molecule has 0 aliphatic carbocycles. The fraction of sp³-hybridized carbons (Fsp3) is 0.500. The molecule has 0 heterocycles. The summed E-state index contributed by atoms with van der Waals surface area (Å²) in [4.78, 5) is 9.74. The molecule has 0 rings (SSSR count). The summed E-state index contributed by atoms with van der Waals surface area (Å²) < 4.78 is 44.6. The summed E-state index contributed by atoms with van der Waals surface area (Å²) in [6.45, 7) is 0. The summed E-state index contributed by atoms with van der Waals surface area (Å²) in [7, 11) is -5.14. The van der Waals surface area contributed by atoms with Crippen LogP contribution in [0.15, 0.2) is 0 Å². The summed E-state index contributed by atoms with van der Waals surface area (Å²) in [5, 5.41) is 9.74. The van der Waals surface area contributed by atoms with Gasteiger partial charge < -0.3 is 14.5 Å². The Bertz CT molecular complexity index is 269. The van der Waals surface area contributed by atoms with Crippen molar-refractivity contribution in [1.29, 1.82) is 0 Å². The fourth-order valence-electron chi connectivity index (χ4n) is 0.299. The molecule has 0 aliphatic rings. The van der Waals surface area contributed by atoms with Crippen LogP contribution in [0.1, 0.15) is 0 Å². The average molecular weight is 248 g/mol. The van der Waals surface area contributed by atoms with Crippen molar-refractivity contribution in [2.45, 2.75) is 4.58 Å². The smallest absolute Gasteiger partial charge is 0.771 e. The SMILES string of the molecule is O=C([O-])C(S(=O)[O-])S(=O)(=O)O.[Na+].[Na+]. The van der Waals surface area contributed by atoms with Crippen LogP contribution in [0.5, 0.6) is 0 Å². The predicted molar refractivity (Wildman–Crippen MR) is 29.3 cm³/mol. The van der Waals surface area contributed by atoms with Crippen LogP contribution in [0.25, 0.3) is 0 Å². The predicted octanol–water partition coefficient (Wildman–Crippen LogP) is -9.16. The van der Waals surface area contributed by atoms with Crippen LogP contribution in [0.3, 0.4) is 0 Å². The van der Waals surface area contributed by atoms with Crippen molar-refractivity contribution in [1.82, 2.24) is 0 Å². The molecule has 0 saturated heterocycles. The second-order valence-corrected chi connectivity index (χ2v) is 4.22. The van der Waals surface area contributed by atoms with Gasteiger partial charge in [-0.15, -0.1) is 0 Å². The molecule has 2 atom stereocenters. The molecule has 11 heteroatoms. The molecule has 66 valence electrons. The normalized spacial score (nSPS) is 14.6. The van der Waals surface area contributed by atoms with E-state index in [0.717, 1.165) is 0 Å². The molecule has 0 spiro atoms. The first kappa shape index (κ1) is 20.0. The van der Waals surface area contributed by atoms with Crippen LogP contribution in [-0.4, -0.2) is 32.3 Å². The quantitative estimate of drug-likeness (QED) is 0.297. The van der Waals surface area contributed by atoms with Crippen molar-refractivity contribution >= 4 is 27.2 Å². The van der Waals surface area contributed by atoms with E-state index >= 15 is 0 Å². The van der Waals surface area contributed by atoms with E-state index in [0.29, 0.717) is 0 Å². The zero-order valence-electron chi connectivity index (χ0n) is 6.79. The van der Waals surface area contributed by atoms with Crippen LogP contribution >= 0.6 is 0 Å². The Labute approximate surface area is 121 Å². The molecule has 0 aromatic rings. The van der Waals surface area contributed by atoms with Gasteiger partial charge in [0, 0.05) is 0 Å². The Morgan fingerprint density at radius 2 is 1.69 bits per heavy atom. The molecule has 0 aliphatic heterocycles. The monoisotopic (exact) mass is 248 g/mol. The third-order valence-electron chi connectivity index (χ3n) is 0.638. The number of hydrogen-bond donors (Lipinski definition) is 1. The molecule has 0 bridgehead atoms. The van der Waals surface area contributed by atoms with Crippen LogP contribution < -0.4 is 64.2 Å². The van der Waals surface area contributed by atoms with E-state index in [1.165, 1.54) is 0 Å². The van der Waals surface area contributed by atoms with Gasteiger partial charge in [0.15, 0.2) is 4.58 Å². The van der Waals surface area contributed by atoms with Crippen LogP contribution in [0.4, 0.5) is 0 Å². The van der Waals surface area contributed by atoms with Gasteiger partial charge in [0.05, 0.1) is 5.97 Å². The van der Waals surface area contributed by atoms with E-state index in [1.54, 1.807) is 0 Å². The summed E-state index contributed by atoms with van der Waals surface area (Å²) >= 11 is -3.45. The zero-order valence-corrected chi connectivity index (χ0v) is 12.4. The van der Waals surface area contributed by atoms with Gasteiger partial charge in [0.1, 0.15) is 0 Å². The van der Waals surface area contributed by atoms with Crippen molar-refractivity contribution in [3.63, 3.8) is 0 Å². The molecule has 0 radical (unpaired) electrons. The minimum Gasteiger partial charge on any atom is -0.771 e. The van der Waals surface area contributed by atoms with E-state index in [1.807, 2.05) is 0 Å². The van der Waals surface area contributed by atoms with Crippen molar-refractivity contribution < 1.29 is 90.7 Å². The van der Waals surface area contributed by atoms with E-state index in [4.69, 9.17) is 4.55 Å². The van der Waals surface area contributed by atoms with Crippen LogP contribution in [0, 0.1) is 0 Å². The molecule has 7 nitrogen and oxygen atoms in total. The topological polar surface area (TPSA) is 135 Å². The molecule has 0 amide bonds. The van der Waals surface area contributed by atoms with E-state index in [9.17, 15) is 27.1 Å². The van der Waals surface area contributed by atoms with Gasteiger partial charge in [-0.2, -0.15) is 8.42 Å². The van der Waals surface area contributed by atoms with E-state index < -0.39 is 31.7 Å². The van der Waals surface area contributed by atoms with Gasteiger partial charge in [-0.1, -0.05) is 0 Å². The molecule has 0 saturated carbocycles. The number of carbonyl (C=O) groups excluding carboxylic acids is 1. The second kappa shape index (κ2) is 7.74. The van der Waals surface area contributed by atoms with Gasteiger partial charge in [0.2, 0.25) is 0 Å². The summed E-state index contributed by atoms with van der Waals surface area (Å²) in [6.07, 6.45) is 0. The molecule has 0 aromatic carbocycles. The minimum absolute atomic E-state index is 0. The first-order valence-electron chi connectivity index (χ1n) is 2.02. The number of carboxylic acids is 1. The van der Waals surface area contributed by atoms with Crippen LogP contribution in [0.2, 0.25) is 0 Å². The summed E-state index contributed by atoms with van der Waals surface area (Å²) in [5.41, 5.74) is 0. The van der Waals surface area contributed by atoms with Crippen molar-refractivity contribution in [3.05, 3.63) is 0 Å². The number of rotatable bonds is 3. The van der Waals surface area contributed by atoms with Gasteiger partial charge in [-0.05, 0) is 11.1 Å². The molecule has 2 unspecified atom stereocenters. The summed E-state index contributed by atoms with van der Waals surface area (Å²) in [6, 6.07) is 0. The molecule has 0 fully saturated rings. The molecule has 0 aromatic heterocycles. The Morgan fingerprint density at radius 3 is 1.69 bits per heavy atom. The van der Waals surface area contributed by atoms with Crippen LogP contribution in [-0.2, 0) is 26.0 Å². The van der Waals surface area contributed by atoms with Gasteiger partial charge in [0.25, 0.3) is 10.1 Å². The number of aliphatic carboxylic acids is 1. The summed E-state index contributed by atoms with van der Waals surface area (Å²) in [5.74, 6) is -2.39. The molecular weight excluding hydrogens is 246 g/mol. The van der Waals surface area contributed by atoms with Crippen molar-refractivity contribution in [3.8, 4) is 0 Å². The standard InChI is InChI=1S/C2H4O7S2.2Na/c3-1(4)2(10(5)6)11(7,8)9;;/h2H,(H,3,4)(H,5,6)(H,7,8,9);;/q;2*+1/p-2. The number of carbonyl (C=O) groups is 1. The van der Waals surface area contributed by atoms with Crippen molar-refractivity contribution in [2.24, 2.45) is 0 Å². The average Bonchev–Trinajstić information content (AvgIpc) is 1.54. The first-order chi connectivity index (χ1) is 4.76. The Kier molecular flexibility index (Phi) is 11.9. The third-order valence-corrected chi connectivity index (χ3v) is 3.11. The maximum absolute atomic E-state index is 9.96. The van der Waals surface area contributed by atoms with E-state index in [2.05, 4.69) is 0 Å². The second-order valence-electron chi connectivity index (χ2n) is 1.43. The van der Waals surface area contributed by atoms with Gasteiger partial charge in [-0.3, -0.25) is 8.76 Å². The molecule has 13 heavy (non-hydrogen) atoms. The maximum Gasteiger partial charge on any atom is 1.00 e. The molecule has 1 N–H and O–H groups in total. The number of carboxylic acid groups (broad SMARTS) is 1. The maximum atomic E-state index is 9.96. The van der Waals surface area contributed by atoms with Gasteiger partial charge in [-0.25, -0.2) is 0 Å². The number of hydrogen-bond acceptors (Lipinski definition) is 6. The van der Waals surface area contributed by atoms with Gasteiger partial charge >= 0.3 is 59.1 Å². The molecular formula is C2H2Na2O7S2. The fourth-order valence-corrected chi connectivity index (χ4v) is 1.49. The largest absolute Gasteiger partial charge is 1.00 e. The Hall–Kier alpha value is 1.49.